The van der Waals surface area contributed by atoms with Crippen LogP contribution in [0, 0.1) is 0 Å². The van der Waals surface area contributed by atoms with Crippen molar-refractivity contribution in [1.29, 1.82) is 0 Å². The predicted octanol–water partition coefficient (Wildman–Crippen LogP) is 8.38. The Morgan fingerprint density at radius 1 is 1.03 bits per heavy atom. The van der Waals surface area contributed by atoms with Crippen LogP contribution < -0.4 is 5.32 Å². The molecule has 0 fully saturated rings. The number of nitrogens with zero attached hydrogens (tertiary/aromatic N) is 2. The van der Waals surface area contributed by atoms with Gasteiger partial charge in [0.1, 0.15) is 10.9 Å². The van der Waals surface area contributed by atoms with Crippen LogP contribution in [0.3, 0.4) is 0 Å². The molecule has 0 saturated heterocycles. The van der Waals surface area contributed by atoms with Crippen molar-refractivity contribution in [3.63, 3.8) is 0 Å². The number of carbonyl (C=O) groups is 2. The van der Waals surface area contributed by atoms with E-state index in [4.69, 9.17) is 32.9 Å². The summed E-state index contributed by atoms with van der Waals surface area (Å²) in [6.45, 7) is 8.96. The standard InChI is InChI=1S/C26H37Cl2N3O3S/c1-5-7-8-9-10-11-12-13-23(32)30-26(33)34-17-22-29-24(18(3)4)25(31(22)6-2)35-21-15-19(27)14-20(28)16-21/h14-16,18H,5-13,17H2,1-4H3,(H,30,32,33). The highest BCUT2D eigenvalue weighted by atomic mass is 35.5. The van der Waals surface area contributed by atoms with Crippen LogP contribution in [0.25, 0.3) is 0 Å². The molecule has 1 aromatic heterocycles. The zero-order chi connectivity index (χ0) is 25.8. The van der Waals surface area contributed by atoms with Gasteiger partial charge in [-0.2, -0.15) is 0 Å². The van der Waals surface area contributed by atoms with Gasteiger partial charge < -0.3 is 9.30 Å². The van der Waals surface area contributed by atoms with Crippen LogP contribution >= 0.6 is 35.0 Å². The molecular weight excluding hydrogens is 505 g/mol. The first kappa shape index (κ1) is 29.5. The molecule has 35 heavy (non-hydrogen) atoms. The van der Waals surface area contributed by atoms with E-state index >= 15 is 0 Å². The van der Waals surface area contributed by atoms with Crippen molar-refractivity contribution in [3.05, 3.63) is 39.8 Å². The lowest BCUT2D eigenvalue weighted by atomic mass is 10.1. The molecule has 0 atom stereocenters. The summed E-state index contributed by atoms with van der Waals surface area (Å²) in [6.07, 6.45) is 7.40. The van der Waals surface area contributed by atoms with Crippen LogP contribution in [0.1, 0.15) is 96.5 Å². The largest absolute Gasteiger partial charge is 0.441 e. The third kappa shape index (κ3) is 10.1. The summed E-state index contributed by atoms with van der Waals surface area (Å²) in [6, 6.07) is 5.41. The monoisotopic (exact) mass is 541 g/mol. The highest BCUT2D eigenvalue weighted by Crippen LogP contribution is 2.37. The number of benzene rings is 1. The molecule has 2 amide bonds. The maximum Gasteiger partial charge on any atom is 0.414 e. The molecule has 1 heterocycles. The fraction of sp³-hybridized carbons (Fsp3) is 0.577. The van der Waals surface area contributed by atoms with Crippen LogP contribution in [-0.4, -0.2) is 21.6 Å². The number of imidazole rings is 1. The first-order chi connectivity index (χ1) is 16.7. The lowest BCUT2D eigenvalue weighted by Gasteiger charge is -2.12. The van der Waals surface area contributed by atoms with Gasteiger partial charge in [0.2, 0.25) is 5.91 Å². The molecule has 0 aliphatic heterocycles. The van der Waals surface area contributed by atoms with Crippen molar-refractivity contribution in [2.24, 2.45) is 0 Å². The highest BCUT2D eigenvalue weighted by Gasteiger charge is 2.21. The molecule has 0 spiro atoms. The van der Waals surface area contributed by atoms with E-state index in [1.54, 1.807) is 6.07 Å². The third-order valence-electron chi connectivity index (χ3n) is 5.52. The summed E-state index contributed by atoms with van der Waals surface area (Å²) >= 11 is 13.9. The van der Waals surface area contributed by atoms with E-state index in [1.165, 1.54) is 37.4 Å². The zero-order valence-electron chi connectivity index (χ0n) is 21.2. The average Bonchev–Trinajstić information content (AvgIpc) is 3.13. The van der Waals surface area contributed by atoms with Crippen LogP contribution in [0.5, 0.6) is 0 Å². The lowest BCUT2D eigenvalue weighted by molar-refractivity contribution is -0.120. The smallest absolute Gasteiger partial charge is 0.414 e. The Kier molecular flexibility index (Phi) is 13.0. The van der Waals surface area contributed by atoms with E-state index in [2.05, 4.69) is 26.1 Å². The molecule has 0 saturated carbocycles. The van der Waals surface area contributed by atoms with Crippen molar-refractivity contribution >= 4 is 47.0 Å². The second kappa shape index (κ2) is 15.4. The minimum Gasteiger partial charge on any atom is -0.441 e. The SMILES string of the molecule is CCCCCCCCCC(=O)NC(=O)OCc1nc(C(C)C)c(Sc2cc(Cl)cc(Cl)c2)n1CC. The van der Waals surface area contributed by atoms with Gasteiger partial charge in [0.05, 0.1) is 5.69 Å². The van der Waals surface area contributed by atoms with Gasteiger partial charge in [0, 0.05) is 27.9 Å². The average molecular weight is 543 g/mol. The van der Waals surface area contributed by atoms with Gasteiger partial charge in [0.25, 0.3) is 0 Å². The first-order valence-electron chi connectivity index (χ1n) is 12.4. The molecule has 6 nitrogen and oxygen atoms in total. The van der Waals surface area contributed by atoms with Gasteiger partial charge in [-0.1, -0.05) is 94.3 Å². The van der Waals surface area contributed by atoms with Gasteiger partial charge in [0.15, 0.2) is 6.61 Å². The summed E-state index contributed by atoms with van der Waals surface area (Å²) in [7, 11) is 0. The maximum atomic E-state index is 12.2. The molecule has 194 valence electrons. The number of hydrogen-bond donors (Lipinski definition) is 1. The molecule has 0 unspecified atom stereocenters. The number of hydrogen-bond acceptors (Lipinski definition) is 5. The van der Waals surface area contributed by atoms with Gasteiger partial charge in [-0.05, 0) is 37.5 Å². The third-order valence-corrected chi connectivity index (χ3v) is 7.05. The summed E-state index contributed by atoms with van der Waals surface area (Å²) in [5.74, 6) is 0.483. The van der Waals surface area contributed by atoms with E-state index in [9.17, 15) is 9.59 Å². The quantitative estimate of drug-likeness (QED) is 0.243. The van der Waals surface area contributed by atoms with Crippen molar-refractivity contribution in [1.82, 2.24) is 14.9 Å². The van der Waals surface area contributed by atoms with Gasteiger partial charge in [-0.25, -0.2) is 9.78 Å². The van der Waals surface area contributed by atoms with Crippen molar-refractivity contribution in [2.75, 3.05) is 0 Å². The minimum atomic E-state index is -0.745. The summed E-state index contributed by atoms with van der Waals surface area (Å²) in [5.41, 5.74) is 0.905. The summed E-state index contributed by atoms with van der Waals surface area (Å²) in [4.78, 5) is 29.9. The number of nitrogens with one attached hydrogen (secondary N) is 1. The van der Waals surface area contributed by atoms with E-state index in [0.29, 0.717) is 28.8 Å². The number of imide groups is 1. The normalized spacial score (nSPS) is 11.2. The number of alkyl carbamates (subject to hydrolysis) is 1. The Balaban J connectivity index is 1.94. The number of aromatic nitrogens is 2. The Morgan fingerprint density at radius 3 is 2.26 bits per heavy atom. The molecule has 0 aliphatic carbocycles. The molecule has 2 rings (SSSR count). The molecule has 0 radical (unpaired) electrons. The van der Waals surface area contributed by atoms with Crippen LogP contribution in [0.15, 0.2) is 28.1 Å². The Morgan fingerprint density at radius 2 is 1.66 bits per heavy atom. The van der Waals surface area contributed by atoms with E-state index in [0.717, 1.165) is 34.9 Å². The van der Waals surface area contributed by atoms with E-state index in [1.807, 2.05) is 23.6 Å². The molecule has 9 heteroatoms. The second-order valence-corrected chi connectivity index (χ2v) is 10.8. The molecule has 1 N–H and O–H groups in total. The van der Waals surface area contributed by atoms with Crippen LogP contribution in [0.4, 0.5) is 4.79 Å². The fourth-order valence-corrected chi connectivity index (χ4v) is 5.69. The number of ether oxygens (including phenoxy) is 1. The van der Waals surface area contributed by atoms with Gasteiger partial charge >= 0.3 is 6.09 Å². The maximum absolute atomic E-state index is 12.2. The van der Waals surface area contributed by atoms with E-state index < -0.39 is 6.09 Å². The lowest BCUT2D eigenvalue weighted by Crippen LogP contribution is -2.31. The number of amides is 2. The topological polar surface area (TPSA) is 73.2 Å². The Bertz CT molecular complexity index is 959. The fourth-order valence-electron chi connectivity index (χ4n) is 3.71. The molecular formula is C26H37Cl2N3O3S. The number of rotatable bonds is 14. The number of unbranched alkanes of at least 4 members (excludes halogenated alkanes) is 6. The van der Waals surface area contributed by atoms with Crippen molar-refractivity contribution < 1.29 is 14.3 Å². The molecule has 2 aromatic rings. The molecule has 0 aliphatic rings. The number of halogens is 2. The van der Waals surface area contributed by atoms with Crippen LogP contribution in [-0.2, 0) is 22.7 Å². The minimum absolute atomic E-state index is 0.0268. The highest BCUT2D eigenvalue weighted by molar-refractivity contribution is 7.99. The number of carbonyl (C=O) groups excluding carboxylic acids is 2. The summed E-state index contributed by atoms with van der Waals surface area (Å²) < 4.78 is 7.36. The first-order valence-corrected chi connectivity index (χ1v) is 14.0. The van der Waals surface area contributed by atoms with Gasteiger partial charge in [-0.3, -0.25) is 10.1 Å². The Labute approximate surface area is 223 Å². The van der Waals surface area contributed by atoms with E-state index in [-0.39, 0.29) is 18.4 Å². The Hall–Kier alpha value is -1.70. The zero-order valence-corrected chi connectivity index (χ0v) is 23.5. The van der Waals surface area contributed by atoms with Gasteiger partial charge in [-0.15, -0.1) is 0 Å². The second-order valence-electron chi connectivity index (χ2n) is 8.82. The summed E-state index contributed by atoms with van der Waals surface area (Å²) in [5, 5.41) is 4.41. The molecule has 1 aromatic carbocycles. The van der Waals surface area contributed by atoms with Crippen LogP contribution in [0.2, 0.25) is 10.0 Å². The van der Waals surface area contributed by atoms with Crippen molar-refractivity contribution in [3.8, 4) is 0 Å². The molecule has 0 bridgehead atoms. The predicted molar refractivity (Wildman–Crippen MR) is 144 cm³/mol. The van der Waals surface area contributed by atoms with Crippen molar-refractivity contribution in [2.45, 2.75) is 108 Å².